The van der Waals surface area contributed by atoms with Gasteiger partial charge in [0.2, 0.25) is 11.8 Å². The molecule has 1 saturated heterocycles. The van der Waals surface area contributed by atoms with Crippen LogP contribution in [0, 0.1) is 11.3 Å². The van der Waals surface area contributed by atoms with E-state index in [-0.39, 0.29) is 42.6 Å². The fourth-order valence-electron chi connectivity index (χ4n) is 3.33. The molecule has 3 aromatic rings. The second kappa shape index (κ2) is 10.4. The van der Waals surface area contributed by atoms with Gasteiger partial charge in [-0.3, -0.25) is 14.7 Å². The van der Waals surface area contributed by atoms with Crippen molar-refractivity contribution in [1.29, 1.82) is 5.26 Å². The molecule has 1 amide bonds. The van der Waals surface area contributed by atoms with Gasteiger partial charge >= 0.3 is 0 Å². The van der Waals surface area contributed by atoms with Crippen molar-refractivity contribution in [3.63, 3.8) is 0 Å². The van der Waals surface area contributed by atoms with E-state index in [9.17, 15) is 19.4 Å². The van der Waals surface area contributed by atoms with Crippen LogP contribution < -0.4 is 14.8 Å². The third-order valence-electron chi connectivity index (χ3n) is 4.95. The lowest BCUT2D eigenvalue weighted by Gasteiger charge is -2.15. The fraction of sp³-hybridized carbons (Fsp3) is 0.381. The first kappa shape index (κ1) is 23.3. The van der Waals surface area contributed by atoms with Crippen molar-refractivity contribution in [3.8, 4) is 17.7 Å². The number of nitrogens with zero attached hydrogens (tertiary/aromatic N) is 5. The van der Waals surface area contributed by atoms with Gasteiger partial charge in [0.1, 0.15) is 24.6 Å². The summed E-state index contributed by atoms with van der Waals surface area (Å²) in [6, 6.07) is 10.7. The summed E-state index contributed by atoms with van der Waals surface area (Å²) < 4.78 is 32.3. The molecule has 13 heteroatoms. The predicted molar refractivity (Wildman–Crippen MR) is 114 cm³/mol. The highest BCUT2D eigenvalue weighted by molar-refractivity contribution is 5.91. The average Bonchev–Trinajstić information content (AvgIpc) is 3.39. The summed E-state index contributed by atoms with van der Waals surface area (Å²) >= 11 is 0. The number of aliphatic hydroxyl groups is 2. The predicted octanol–water partition coefficient (Wildman–Crippen LogP) is 0.725. The van der Waals surface area contributed by atoms with Crippen LogP contribution in [0.2, 0.25) is 0 Å². The molecule has 4 atom stereocenters. The summed E-state index contributed by atoms with van der Waals surface area (Å²) in [5.74, 6) is -0.271. The Labute approximate surface area is 192 Å². The van der Waals surface area contributed by atoms with E-state index in [1.807, 2.05) is 12.1 Å². The number of imidazole rings is 1. The molecule has 0 bridgehead atoms. The number of aromatic nitrogens is 4. The summed E-state index contributed by atoms with van der Waals surface area (Å²) in [4.78, 5) is 24.9. The highest BCUT2D eigenvalue weighted by atomic mass is 19.1. The summed E-state index contributed by atoms with van der Waals surface area (Å²) in [6.45, 7) is -0.903. The number of para-hydroxylation sites is 1. The molecule has 0 saturated carbocycles. The van der Waals surface area contributed by atoms with Gasteiger partial charge in [-0.2, -0.15) is 15.2 Å². The van der Waals surface area contributed by atoms with Crippen LogP contribution in [0.25, 0.3) is 11.2 Å². The van der Waals surface area contributed by atoms with E-state index in [0.717, 1.165) is 0 Å². The Hall–Kier alpha value is -3.86. The number of nitriles is 1. The average molecular weight is 472 g/mol. The van der Waals surface area contributed by atoms with Crippen molar-refractivity contribution in [2.45, 2.75) is 31.0 Å². The van der Waals surface area contributed by atoms with Crippen LogP contribution in [0.1, 0.15) is 12.6 Å². The normalized spacial score (nSPS) is 21.8. The van der Waals surface area contributed by atoms with Crippen molar-refractivity contribution in [3.05, 3.63) is 36.7 Å². The molecular formula is C21H21FN6O6. The molecule has 1 fully saturated rings. The Morgan fingerprint density at radius 1 is 1.29 bits per heavy atom. The lowest BCUT2D eigenvalue weighted by atomic mass is 10.1. The van der Waals surface area contributed by atoms with Gasteiger partial charge in [-0.15, -0.1) is 0 Å². The van der Waals surface area contributed by atoms with Crippen molar-refractivity contribution in [1.82, 2.24) is 19.5 Å². The molecule has 3 heterocycles. The highest BCUT2D eigenvalue weighted by Gasteiger charge is 2.45. The molecule has 34 heavy (non-hydrogen) atoms. The van der Waals surface area contributed by atoms with Gasteiger partial charge in [0.15, 0.2) is 30.2 Å². The maximum atomic E-state index is 14.7. The number of amides is 1. The van der Waals surface area contributed by atoms with Crippen molar-refractivity contribution in [2.24, 2.45) is 0 Å². The zero-order valence-electron chi connectivity index (χ0n) is 17.7. The Morgan fingerprint density at radius 3 is 2.79 bits per heavy atom. The summed E-state index contributed by atoms with van der Waals surface area (Å²) in [7, 11) is 0. The minimum atomic E-state index is -1.87. The first-order valence-electron chi connectivity index (χ1n) is 10.3. The van der Waals surface area contributed by atoms with E-state index in [1.54, 1.807) is 24.3 Å². The van der Waals surface area contributed by atoms with Gasteiger partial charge in [0.05, 0.1) is 25.4 Å². The van der Waals surface area contributed by atoms with Crippen LogP contribution in [0.5, 0.6) is 11.6 Å². The summed E-state index contributed by atoms with van der Waals surface area (Å²) in [5.41, 5.74) is 0.189. The first-order chi connectivity index (χ1) is 16.5. The highest BCUT2D eigenvalue weighted by Crippen LogP contribution is 2.35. The number of carbonyl (C=O) groups is 1. The minimum absolute atomic E-state index is 0.00303. The van der Waals surface area contributed by atoms with Crippen molar-refractivity contribution in [2.75, 3.05) is 25.1 Å². The second-order valence-corrected chi connectivity index (χ2v) is 7.27. The third kappa shape index (κ3) is 4.88. The molecule has 2 aromatic heterocycles. The smallest absolute Gasteiger partial charge is 0.264 e. The molecule has 0 aliphatic carbocycles. The van der Waals surface area contributed by atoms with E-state index < -0.39 is 37.1 Å². The van der Waals surface area contributed by atoms with Crippen LogP contribution in [0.15, 0.2) is 36.7 Å². The minimum Gasteiger partial charge on any atom is -0.484 e. The number of benzene rings is 1. The second-order valence-electron chi connectivity index (χ2n) is 7.27. The number of nitrogens with one attached hydrogen (secondary N) is 1. The number of hydrogen-bond donors (Lipinski definition) is 3. The molecule has 0 spiro atoms. The fourth-order valence-corrected chi connectivity index (χ4v) is 3.33. The van der Waals surface area contributed by atoms with Crippen LogP contribution in [0.4, 0.5) is 10.3 Å². The Bertz CT molecular complexity index is 1190. The monoisotopic (exact) mass is 472 g/mol. The number of rotatable bonds is 9. The van der Waals surface area contributed by atoms with Crippen LogP contribution in [0.3, 0.4) is 0 Å². The van der Waals surface area contributed by atoms with Gasteiger partial charge in [-0.05, 0) is 12.1 Å². The molecule has 12 nitrogen and oxygen atoms in total. The molecule has 1 aromatic carbocycles. The number of anilines is 1. The maximum Gasteiger partial charge on any atom is 0.264 e. The lowest BCUT2D eigenvalue weighted by Crippen LogP contribution is -2.30. The number of halogens is 1. The molecule has 0 radical (unpaired) electrons. The molecule has 0 unspecified atom stereocenters. The van der Waals surface area contributed by atoms with Crippen molar-refractivity contribution < 1.29 is 33.6 Å². The number of hydrogen-bond acceptors (Lipinski definition) is 10. The van der Waals surface area contributed by atoms with Gasteiger partial charge < -0.3 is 24.4 Å². The number of ether oxygens (including phenoxy) is 3. The molecule has 1 aliphatic heterocycles. The molecular weight excluding hydrogens is 451 g/mol. The van der Waals surface area contributed by atoms with E-state index in [1.165, 1.54) is 10.9 Å². The van der Waals surface area contributed by atoms with Gasteiger partial charge in [0.25, 0.3) is 5.91 Å². The third-order valence-corrected chi connectivity index (χ3v) is 4.95. The molecule has 4 rings (SSSR count). The number of aliphatic hydroxyl groups excluding tert-OH is 2. The Kier molecular flexibility index (Phi) is 7.12. The molecule has 3 N–H and O–H groups in total. The van der Waals surface area contributed by atoms with Gasteiger partial charge in [-0.1, -0.05) is 18.2 Å². The first-order valence-corrected chi connectivity index (χ1v) is 10.3. The largest absolute Gasteiger partial charge is 0.484 e. The summed E-state index contributed by atoms with van der Waals surface area (Å²) in [5, 5.41) is 30.6. The molecule has 1 aliphatic rings. The van der Waals surface area contributed by atoms with Crippen LogP contribution in [-0.4, -0.2) is 73.8 Å². The maximum absolute atomic E-state index is 14.7. The molecule has 178 valence electrons. The standard InChI is InChI=1S/C21H21FN6O6/c22-15-17(31)13(9-29)34-20(15)28-11-24-16-18(28)26-21(27-19(16)32-8-4-7-23)25-14(30)10-33-12-5-2-1-3-6-12/h1-3,5-6,11,13,15,17,20,29,31H,4,8-10H2,(H,25,26,27,30)/t13-,15-,17-,20-/m1/s1. The van der Waals surface area contributed by atoms with Gasteiger partial charge in [0, 0.05) is 0 Å². The Morgan fingerprint density at radius 2 is 2.09 bits per heavy atom. The van der Waals surface area contributed by atoms with E-state index in [0.29, 0.717) is 5.75 Å². The topological polar surface area (TPSA) is 165 Å². The van der Waals surface area contributed by atoms with E-state index in [2.05, 4.69) is 20.3 Å². The van der Waals surface area contributed by atoms with E-state index in [4.69, 9.17) is 19.5 Å². The summed E-state index contributed by atoms with van der Waals surface area (Å²) in [6.07, 6.45) is -4.57. The van der Waals surface area contributed by atoms with E-state index >= 15 is 0 Å². The lowest BCUT2D eigenvalue weighted by molar-refractivity contribution is -0.118. The quantitative estimate of drug-likeness (QED) is 0.378. The van der Waals surface area contributed by atoms with Gasteiger partial charge in [-0.25, -0.2) is 9.37 Å². The van der Waals surface area contributed by atoms with Crippen LogP contribution in [-0.2, 0) is 9.53 Å². The number of alkyl halides is 1. The SMILES string of the molecule is N#CCCOc1nc(NC(=O)COc2ccccc2)nc2c1ncn2[C@@H]1O[C@H](CO)[C@@H](O)[C@H]1F. The van der Waals surface area contributed by atoms with Crippen molar-refractivity contribution >= 4 is 23.0 Å². The Balaban J connectivity index is 1.60. The zero-order chi connectivity index (χ0) is 24.1. The zero-order valence-corrected chi connectivity index (χ0v) is 17.7. The number of fused-ring (bicyclic) bond motifs is 1. The van der Waals surface area contributed by atoms with Crippen LogP contribution >= 0.6 is 0 Å². The number of carbonyl (C=O) groups excluding carboxylic acids is 1.